The largest absolute Gasteiger partial charge is 0.493 e. The van der Waals surface area contributed by atoms with Crippen molar-refractivity contribution in [3.63, 3.8) is 0 Å². The number of methoxy groups -OCH3 is 1. The number of rotatable bonds is 11. The van der Waals surface area contributed by atoms with Crippen LogP contribution in [0.4, 0.5) is 11.4 Å². The van der Waals surface area contributed by atoms with Gasteiger partial charge in [-0.15, -0.1) is 0 Å². The summed E-state index contributed by atoms with van der Waals surface area (Å²) in [6.45, 7) is 6.99. The molecule has 5 rings (SSSR count). The lowest BCUT2D eigenvalue weighted by Gasteiger charge is -2.38. The van der Waals surface area contributed by atoms with Crippen LogP contribution in [0.25, 0.3) is 0 Å². The number of halogens is 1. The van der Waals surface area contributed by atoms with Crippen LogP contribution in [-0.4, -0.2) is 44.7 Å². The number of carbonyl (C=O) groups excluding carboxylic acids is 2. The predicted molar refractivity (Wildman–Crippen MR) is 182 cm³/mol. The molecule has 1 fully saturated rings. The van der Waals surface area contributed by atoms with Crippen molar-refractivity contribution in [2.24, 2.45) is 5.92 Å². The molecule has 2 amide bonds. The number of fused-ring (bicyclic) bond motifs is 1. The fourth-order valence-electron chi connectivity index (χ4n) is 6.55. The maximum Gasteiger partial charge on any atom is 0.232 e. The molecule has 240 valence electrons. The molecule has 1 aliphatic heterocycles. The third kappa shape index (κ3) is 7.58. The fraction of sp³-hybridized carbons (Fsp3) is 0.459. The fourth-order valence-corrected chi connectivity index (χ4v) is 6.68. The van der Waals surface area contributed by atoms with E-state index in [9.17, 15) is 9.59 Å². The van der Waals surface area contributed by atoms with Gasteiger partial charge in [0, 0.05) is 42.5 Å². The molecule has 45 heavy (non-hydrogen) atoms. The van der Waals surface area contributed by atoms with E-state index in [0.717, 1.165) is 66.7 Å². The minimum absolute atomic E-state index is 0.0214. The number of hydrogen-bond donors (Lipinski definition) is 1. The van der Waals surface area contributed by atoms with Gasteiger partial charge < -0.3 is 24.6 Å². The van der Waals surface area contributed by atoms with Crippen LogP contribution in [0.5, 0.6) is 11.5 Å². The van der Waals surface area contributed by atoms with Crippen molar-refractivity contribution < 1.29 is 19.1 Å². The van der Waals surface area contributed by atoms with E-state index >= 15 is 0 Å². The van der Waals surface area contributed by atoms with E-state index in [1.165, 1.54) is 0 Å². The first kappa shape index (κ1) is 32.7. The second-order valence-electron chi connectivity index (χ2n) is 12.5. The molecule has 0 unspecified atom stereocenters. The molecule has 7 nitrogen and oxygen atoms in total. The van der Waals surface area contributed by atoms with Crippen LogP contribution in [0.1, 0.15) is 82.0 Å². The smallest absolute Gasteiger partial charge is 0.232 e. The lowest BCUT2D eigenvalue weighted by molar-refractivity contribution is -0.121. The van der Waals surface area contributed by atoms with Gasteiger partial charge in [-0.1, -0.05) is 37.6 Å². The first-order valence-electron chi connectivity index (χ1n) is 16.3. The molecule has 0 saturated heterocycles. The summed E-state index contributed by atoms with van der Waals surface area (Å²) in [5, 5.41) is 3.80. The summed E-state index contributed by atoms with van der Waals surface area (Å²) in [6, 6.07) is 20.0. The van der Waals surface area contributed by atoms with Gasteiger partial charge in [0.2, 0.25) is 11.8 Å². The number of carbonyl (C=O) groups is 2. The molecular weight excluding hydrogens is 586 g/mol. The van der Waals surface area contributed by atoms with Crippen molar-refractivity contribution in [2.45, 2.75) is 83.9 Å². The highest BCUT2D eigenvalue weighted by Gasteiger charge is 2.36. The Morgan fingerprint density at radius 1 is 1.02 bits per heavy atom. The predicted octanol–water partition coefficient (Wildman–Crippen LogP) is 7.73. The highest BCUT2D eigenvalue weighted by molar-refractivity contribution is 6.30. The van der Waals surface area contributed by atoms with Crippen molar-refractivity contribution in [3.8, 4) is 11.5 Å². The lowest BCUT2D eigenvalue weighted by Crippen LogP contribution is -2.41. The topological polar surface area (TPSA) is 71.1 Å². The molecule has 3 aromatic carbocycles. The molecule has 0 spiro atoms. The van der Waals surface area contributed by atoms with Gasteiger partial charge in [0.1, 0.15) is 0 Å². The molecule has 1 saturated carbocycles. The molecular formula is C37H46ClN3O4. The van der Waals surface area contributed by atoms with E-state index in [1.807, 2.05) is 55.1 Å². The first-order chi connectivity index (χ1) is 21.7. The Bertz CT molecular complexity index is 1470. The number of hydrogen-bond acceptors (Lipinski definition) is 5. The van der Waals surface area contributed by atoms with E-state index in [2.05, 4.69) is 48.5 Å². The zero-order valence-corrected chi connectivity index (χ0v) is 27.9. The van der Waals surface area contributed by atoms with Gasteiger partial charge >= 0.3 is 0 Å². The summed E-state index contributed by atoms with van der Waals surface area (Å²) in [6.07, 6.45) is 5.97. The first-order valence-corrected chi connectivity index (χ1v) is 16.6. The van der Waals surface area contributed by atoms with Crippen molar-refractivity contribution in [1.29, 1.82) is 0 Å². The molecule has 1 aliphatic carbocycles. The monoisotopic (exact) mass is 631 g/mol. The molecule has 3 aromatic rings. The van der Waals surface area contributed by atoms with Gasteiger partial charge in [0.05, 0.1) is 25.7 Å². The lowest BCUT2D eigenvalue weighted by atomic mass is 9.85. The van der Waals surface area contributed by atoms with Crippen molar-refractivity contribution in [2.75, 3.05) is 30.5 Å². The van der Waals surface area contributed by atoms with E-state index in [0.29, 0.717) is 34.9 Å². The minimum atomic E-state index is -0.351. The highest BCUT2D eigenvalue weighted by atomic mass is 35.5. The van der Waals surface area contributed by atoms with Gasteiger partial charge in [0.25, 0.3) is 0 Å². The normalized spacial score (nSPS) is 20.3. The molecule has 0 aromatic heterocycles. The van der Waals surface area contributed by atoms with Gasteiger partial charge in [-0.25, -0.2) is 0 Å². The van der Waals surface area contributed by atoms with Crippen LogP contribution in [0.3, 0.4) is 0 Å². The number of benzene rings is 3. The van der Waals surface area contributed by atoms with E-state index < -0.39 is 0 Å². The Hall–Kier alpha value is -3.71. The van der Waals surface area contributed by atoms with Crippen molar-refractivity contribution in [1.82, 2.24) is 5.32 Å². The maximum absolute atomic E-state index is 13.9. The average Bonchev–Trinajstić information content (AvgIpc) is 3.05. The van der Waals surface area contributed by atoms with Crippen molar-refractivity contribution in [3.05, 3.63) is 82.4 Å². The Kier molecular flexibility index (Phi) is 10.6. The summed E-state index contributed by atoms with van der Waals surface area (Å²) >= 11 is 6.28. The van der Waals surface area contributed by atoms with Crippen LogP contribution in [0.15, 0.2) is 60.7 Å². The average molecular weight is 632 g/mol. The van der Waals surface area contributed by atoms with Crippen LogP contribution in [0.2, 0.25) is 5.02 Å². The Morgan fingerprint density at radius 3 is 2.33 bits per heavy atom. The Balaban J connectivity index is 1.39. The molecule has 2 atom stereocenters. The Labute approximate surface area is 272 Å². The molecule has 1 heterocycles. The van der Waals surface area contributed by atoms with Crippen LogP contribution >= 0.6 is 11.6 Å². The van der Waals surface area contributed by atoms with Crippen molar-refractivity contribution >= 4 is 34.8 Å². The number of nitrogens with zero attached hydrogens (tertiary/aromatic N) is 2. The van der Waals surface area contributed by atoms with E-state index in [1.54, 1.807) is 7.11 Å². The second kappa shape index (κ2) is 14.6. The standard InChI is InChI=1S/C37H46ClN3O4/c1-6-24(3)45-34-22-32-27(20-33(34)44-5)21-36(43)41(37(32)26-10-12-28(38)13-11-26)31-18-16-30(17-19-31)40(4)23-25-8-14-29(15-9-25)39-35(42)7-2/h10-13,16-20,22,24-25,29,37H,6-9,14-15,21,23H2,1-5H3,(H,39,42)/t24-,25?,29?,37+/m1/s1. The second-order valence-corrected chi connectivity index (χ2v) is 12.9. The number of anilines is 2. The summed E-state index contributed by atoms with van der Waals surface area (Å²) in [5.41, 5.74) is 4.88. The quantitative estimate of drug-likeness (QED) is 0.235. The van der Waals surface area contributed by atoms with E-state index in [4.69, 9.17) is 21.1 Å². The Morgan fingerprint density at radius 2 is 1.71 bits per heavy atom. The molecule has 0 bridgehead atoms. The molecule has 8 heteroatoms. The number of amides is 2. The van der Waals surface area contributed by atoms with Gasteiger partial charge in [-0.3, -0.25) is 9.59 Å². The summed E-state index contributed by atoms with van der Waals surface area (Å²) in [7, 11) is 3.76. The number of ether oxygens (including phenoxy) is 2. The zero-order chi connectivity index (χ0) is 32.1. The van der Waals surface area contributed by atoms with Crippen LogP contribution in [-0.2, 0) is 16.0 Å². The molecule has 1 N–H and O–H groups in total. The summed E-state index contributed by atoms with van der Waals surface area (Å²) < 4.78 is 12.0. The summed E-state index contributed by atoms with van der Waals surface area (Å²) in [4.78, 5) is 29.9. The number of nitrogens with one attached hydrogen (secondary N) is 1. The third-order valence-electron chi connectivity index (χ3n) is 9.31. The maximum atomic E-state index is 13.9. The van der Waals surface area contributed by atoms with Gasteiger partial charge in [-0.2, -0.15) is 0 Å². The molecule has 0 radical (unpaired) electrons. The van der Waals surface area contributed by atoms with E-state index in [-0.39, 0.29) is 30.4 Å². The highest BCUT2D eigenvalue weighted by Crippen LogP contribution is 2.44. The van der Waals surface area contributed by atoms with Crippen LogP contribution < -0.4 is 24.6 Å². The van der Waals surface area contributed by atoms with Gasteiger partial charge in [0.15, 0.2) is 11.5 Å². The third-order valence-corrected chi connectivity index (χ3v) is 9.56. The molecule has 2 aliphatic rings. The summed E-state index contributed by atoms with van der Waals surface area (Å²) in [5.74, 6) is 2.06. The zero-order valence-electron chi connectivity index (χ0n) is 27.1. The van der Waals surface area contributed by atoms with Gasteiger partial charge in [-0.05, 0) is 110 Å². The van der Waals surface area contributed by atoms with Crippen LogP contribution in [0, 0.1) is 5.92 Å². The minimum Gasteiger partial charge on any atom is -0.493 e. The SMILES string of the molecule is CCC(=O)NC1CCC(CN(C)c2ccc(N3C(=O)Cc4cc(OC)c(O[C@H](C)CC)cc4[C@@H]3c3ccc(Cl)cc3)cc2)CC1.